The predicted molar refractivity (Wildman–Crippen MR) is 148 cm³/mol. The summed E-state index contributed by atoms with van der Waals surface area (Å²) >= 11 is 2.87. The van der Waals surface area contributed by atoms with E-state index >= 15 is 0 Å². The van der Waals surface area contributed by atoms with Crippen molar-refractivity contribution in [1.29, 1.82) is 0 Å². The first-order valence-corrected chi connectivity index (χ1v) is 14.7. The van der Waals surface area contributed by atoms with E-state index in [1.165, 1.54) is 23.1 Å². The number of fused-ring (bicyclic) bond motifs is 3. The van der Waals surface area contributed by atoms with Gasteiger partial charge in [-0.15, -0.1) is 11.3 Å². The molecule has 3 amide bonds. The average molecular weight is 538 g/mol. The largest absolute Gasteiger partial charge is 0.352 e. The molecule has 8 nitrogen and oxygen atoms in total. The number of nitrogens with one attached hydrogen (secondary N) is 2. The minimum Gasteiger partial charge on any atom is -0.352 e. The summed E-state index contributed by atoms with van der Waals surface area (Å²) in [7, 11) is 0. The van der Waals surface area contributed by atoms with E-state index < -0.39 is 6.04 Å². The van der Waals surface area contributed by atoms with Crippen molar-refractivity contribution < 1.29 is 14.4 Å². The number of amidine groups is 2. The van der Waals surface area contributed by atoms with Crippen molar-refractivity contribution >= 4 is 57.5 Å². The van der Waals surface area contributed by atoms with Gasteiger partial charge in [-0.2, -0.15) is 0 Å². The Kier molecular flexibility index (Phi) is 8.05. The molecule has 37 heavy (non-hydrogen) atoms. The molecule has 5 rings (SSSR count). The van der Waals surface area contributed by atoms with Gasteiger partial charge in [-0.3, -0.25) is 19.4 Å². The number of thiophene rings is 1. The van der Waals surface area contributed by atoms with E-state index in [1.54, 1.807) is 11.3 Å². The second-order valence-corrected chi connectivity index (χ2v) is 11.7. The Morgan fingerprint density at radius 3 is 2.73 bits per heavy atom. The van der Waals surface area contributed by atoms with Gasteiger partial charge in [-0.05, 0) is 42.8 Å². The van der Waals surface area contributed by atoms with Gasteiger partial charge < -0.3 is 10.6 Å². The maximum atomic E-state index is 13.5. The minimum atomic E-state index is -0.827. The van der Waals surface area contributed by atoms with E-state index in [0.29, 0.717) is 29.7 Å². The minimum absolute atomic E-state index is 0.0180. The molecule has 1 aromatic carbocycles. The molecule has 0 spiro atoms. The zero-order valence-corrected chi connectivity index (χ0v) is 22.4. The second-order valence-electron chi connectivity index (χ2n) is 9.47. The summed E-state index contributed by atoms with van der Waals surface area (Å²) in [4.78, 5) is 51.3. The SMILES string of the molecule is CC[C@H](SC1=Nc2ccccc2C2=N[C@H](CC(=O)NCc3cccs3)C(=O)N12)C(=O)NC1CCCCC1. The lowest BCUT2D eigenvalue weighted by molar-refractivity contribution is -0.128. The van der Waals surface area contributed by atoms with Gasteiger partial charge >= 0.3 is 0 Å². The lowest BCUT2D eigenvalue weighted by atomic mass is 9.95. The molecule has 2 atom stereocenters. The van der Waals surface area contributed by atoms with Gasteiger partial charge in [-0.1, -0.05) is 56.1 Å². The van der Waals surface area contributed by atoms with E-state index in [-0.39, 0.29) is 35.4 Å². The van der Waals surface area contributed by atoms with Gasteiger partial charge in [0.2, 0.25) is 11.8 Å². The Bertz CT molecular complexity index is 1220. The zero-order chi connectivity index (χ0) is 25.8. The fraction of sp³-hybridized carbons (Fsp3) is 0.444. The first-order chi connectivity index (χ1) is 18.0. The molecule has 3 heterocycles. The van der Waals surface area contributed by atoms with Gasteiger partial charge in [0.05, 0.1) is 23.9 Å². The summed E-state index contributed by atoms with van der Waals surface area (Å²) < 4.78 is 0. The van der Waals surface area contributed by atoms with Gasteiger partial charge in [0.15, 0.2) is 5.17 Å². The molecular formula is C27H31N5O3S2. The van der Waals surface area contributed by atoms with Crippen molar-refractivity contribution in [2.45, 2.75) is 75.7 Å². The third-order valence-electron chi connectivity index (χ3n) is 6.83. The van der Waals surface area contributed by atoms with Crippen LogP contribution in [0.1, 0.15) is 62.3 Å². The van der Waals surface area contributed by atoms with Crippen LogP contribution in [-0.2, 0) is 20.9 Å². The maximum absolute atomic E-state index is 13.5. The van der Waals surface area contributed by atoms with Crippen LogP contribution in [0.15, 0.2) is 51.8 Å². The molecular weight excluding hydrogens is 506 g/mol. The third-order valence-corrected chi connectivity index (χ3v) is 9.02. The molecule has 2 aromatic rings. The fourth-order valence-corrected chi connectivity index (χ4v) is 6.52. The standard InChI is InChI=1S/C27H31N5O3S2/c1-2-22(25(34)29-17-9-4-3-5-10-17)37-27-31-20-13-7-6-12-19(20)24-30-21(26(35)32(24)27)15-23(33)28-16-18-11-8-14-36-18/h6-8,11-14,17,21-22H,2-5,9-10,15-16H2,1H3,(H,28,33)(H,29,34)/t21-,22+/m1/s1. The number of nitrogens with zero attached hydrogens (tertiary/aromatic N) is 3. The van der Waals surface area contributed by atoms with Crippen molar-refractivity contribution in [2.24, 2.45) is 9.98 Å². The number of rotatable bonds is 8. The van der Waals surface area contributed by atoms with Crippen LogP contribution in [0, 0.1) is 0 Å². The topological polar surface area (TPSA) is 103 Å². The maximum Gasteiger partial charge on any atom is 0.259 e. The molecule has 2 N–H and O–H groups in total. The molecule has 1 aliphatic carbocycles. The summed E-state index contributed by atoms with van der Waals surface area (Å²) in [6.07, 6.45) is 6.10. The number of carbonyl (C=O) groups excluding carboxylic acids is 3. The Labute approximate surface area is 225 Å². The summed E-state index contributed by atoms with van der Waals surface area (Å²) in [6.45, 7) is 2.40. The van der Waals surface area contributed by atoms with E-state index in [1.807, 2.05) is 48.7 Å². The normalized spacial score (nSPS) is 20.0. The summed E-state index contributed by atoms with van der Waals surface area (Å²) in [5.74, 6) is -0.0365. The Morgan fingerprint density at radius 1 is 1.16 bits per heavy atom. The van der Waals surface area contributed by atoms with Crippen molar-refractivity contribution in [3.63, 3.8) is 0 Å². The van der Waals surface area contributed by atoms with Crippen LogP contribution in [0.3, 0.4) is 0 Å². The monoisotopic (exact) mass is 537 g/mol. The quantitative estimate of drug-likeness (QED) is 0.522. The van der Waals surface area contributed by atoms with E-state index in [0.717, 1.165) is 36.1 Å². The zero-order valence-electron chi connectivity index (χ0n) is 20.8. The highest BCUT2D eigenvalue weighted by Crippen LogP contribution is 2.35. The first kappa shape index (κ1) is 25.7. The van der Waals surface area contributed by atoms with E-state index in [9.17, 15) is 14.4 Å². The number of para-hydroxylation sites is 1. The van der Waals surface area contributed by atoms with Gasteiger partial charge in [0.1, 0.15) is 11.9 Å². The molecule has 10 heteroatoms. The number of carbonyl (C=O) groups is 3. The molecule has 194 valence electrons. The molecule has 1 aromatic heterocycles. The number of benzene rings is 1. The summed E-state index contributed by atoms with van der Waals surface area (Å²) in [6, 6.07) is 10.8. The molecule has 0 unspecified atom stereocenters. The average Bonchev–Trinajstić information content (AvgIpc) is 3.55. The molecule has 0 saturated heterocycles. The third kappa shape index (κ3) is 5.80. The number of hydrogen-bond donors (Lipinski definition) is 2. The molecule has 0 radical (unpaired) electrons. The highest BCUT2D eigenvalue weighted by molar-refractivity contribution is 8.15. The molecule has 1 fully saturated rings. The van der Waals surface area contributed by atoms with Gasteiger partial charge in [-0.25, -0.2) is 9.89 Å². The van der Waals surface area contributed by atoms with Crippen LogP contribution in [0.4, 0.5) is 5.69 Å². The lowest BCUT2D eigenvalue weighted by Crippen LogP contribution is -2.45. The first-order valence-electron chi connectivity index (χ1n) is 12.9. The van der Waals surface area contributed by atoms with Crippen LogP contribution < -0.4 is 10.6 Å². The number of thioether (sulfide) groups is 1. The molecule has 3 aliphatic rings. The summed E-state index contributed by atoms with van der Waals surface area (Å²) in [5.41, 5.74) is 1.46. The van der Waals surface area contributed by atoms with Crippen molar-refractivity contribution in [3.8, 4) is 0 Å². The highest BCUT2D eigenvalue weighted by atomic mass is 32.2. The second kappa shape index (κ2) is 11.6. The number of aliphatic imine (C=N–C) groups is 2. The van der Waals surface area contributed by atoms with Crippen LogP contribution in [0.25, 0.3) is 0 Å². The van der Waals surface area contributed by atoms with Gasteiger partial charge in [0, 0.05) is 16.5 Å². The van der Waals surface area contributed by atoms with Crippen LogP contribution >= 0.6 is 23.1 Å². The highest BCUT2D eigenvalue weighted by Gasteiger charge is 2.43. The van der Waals surface area contributed by atoms with Crippen LogP contribution in [0.5, 0.6) is 0 Å². The summed E-state index contributed by atoms with van der Waals surface area (Å²) in [5, 5.41) is 8.11. The molecule has 0 bridgehead atoms. The van der Waals surface area contributed by atoms with Gasteiger partial charge in [0.25, 0.3) is 5.91 Å². The fourth-order valence-electron chi connectivity index (χ4n) is 4.85. The van der Waals surface area contributed by atoms with Crippen LogP contribution in [0.2, 0.25) is 0 Å². The lowest BCUT2D eigenvalue weighted by Gasteiger charge is -2.29. The molecule has 2 aliphatic heterocycles. The van der Waals surface area contributed by atoms with Crippen molar-refractivity contribution in [3.05, 3.63) is 52.2 Å². The van der Waals surface area contributed by atoms with Crippen LogP contribution in [-0.4, -0.2) is 51.0 Å². The Morgan fingerprint density at radius 2 is 1.97 bits per heavy atom. The predicted octanol–water partition coefficient (Wildman–Crippen LogP) is 4.37. The smallest absolute Gasteiger partial charge is 0.259 e. The number of hydrogen-bond acceptors (Lipinski definition) is 7. The van der Waals surface area contributed by atoms with Crippen molar-refractivity contribution in [2.75, 3.05) is 0 Å². The van der Waals surface area contributed by atoms with E-state index in [4.69, 9.17) is 4.99 Å². The van der Waals surface area contributed by atoms with E-state index in [2.05, 4.69) is 15.6 Å². The van der Waals surface area contributed by atoms with Crippen molar-refractivity contribution in [1.82, 2.24) is 15.5 Å². The Balaban J connectivity index is 1.32. The molecule has 1 saturated carbocycles. The number of amides is 3. The Hall–Kier alpha value is -2.98.